The maximum absolute atomic E-state index is 10.9. The number of esters is 1. The molecule has 0 aliphatic carbocycles. The average Bonchev–Trinajstić information content (AvgIpc) is 2.59. The van der Waals surface area contributed by atoms with Crippen molar-refractivity contribution in [3.63, 3.8) is 0 Å². The van der Waals surface area contributed by atoms with Crippen LogP contribution in [0.15, 0.2) is 0 Å². The van der Waals surface area contributed by atoms with Crippen LogP contribution in [0.3, 0.4) is 0 Å². The molecule has 0 radical (unpaired) electrons. The molecule has 0 fully saturated rings. The van der Waals surface area contributed by atoms with Crippen LogP contribution in [-0.4, -0.2) is 47.2 Å². The molecule has 0 saturated heterocycles. The van der Waals surface area contributed by atoms with E-state index in [1.807, 2.05) is 0 Å². The van der Waals surface area contributed by atoms with Crippen LogP contribution in [0.5, 0.6) is 0 Å². The lowest BCUT2D eigenvalue weighted by Crippen LogP contribution is -2.25. The number of carbonyl (C=O) groups excluding carboxylic acids is 1. The van der Waals surface area contributed by atoms with Crippen molar-refractivity contribution in [1.82, 2.24) is 0 Å². The van der Waals surface area contributed by atoms with Gasteiger partial charge in [-0.1, -0.05) is 57.8 Å². The number of aliphatic hydroxyl groups excluding tert-OH is 3. The highest BCUT2D eigenvalue weighted by molar-refractivity contribution is 5.68. The third-order valence-corrected chi connectivity index (χ3v) is 4.46. The molecule has 2 unspecified atom stereocenters. The van der Waals surface area contributed by atoms with Crippen molar-refractivity contribution in [3.05, 3.63) is 0 Å². The Kier molecular flexibility index (Phi) is 16.7. The lowest BCUT2D eigenvalue weighted by atomic mass is 9.99. The molecule has 0 aromatic carbocycles. The molecule has 0 aliphatic heterocycles. The predicted octanol–water partition coefficient (Wildman–Crippen LogP) is 3.33. The number of methoxy groups -OCH3 is 1. The van der Waals surface area contributed by atoms with E-state index in [1.165, 1.54) is 7.11 Å². The molecule has 0 bridgehead atoms. The molecule has 0 amide bonds. The molecule has 2 atom stereocenters. The van der Waals surface area contributed by atoms with Crippen molar-refractivity contribution >= 4 is 5.97 Å². The van der Waals surface area contributed by atoms with E-state index in [9.17, 15) is 15.0 Å². The normalized spacial score (nSPS) is 13.7. The minimum Gasteiger partial charge on any atom is -0.469 e. The molecule has 0 rings (SSSR count). The van der Waals surface area contributed by atoms with Crippen LogP contribution < -0.4 is 0 Å². The van der Waals surface area contributed by atoms with Gasteiger partial charge in [0, 0.05) is 13.0 Å². The molecule has 5 nitrogen and oxygen atoms in total. The topological polar surface area (TPSA) is 87.0 Å². The van der Waals surface area contributed by atoms with Gasteiger partial charge in [-0.2, -0.15) is 0 Å². The van der Waals surface area contributed by atoms with Crippen LogP contribution in [0.4, 0.5) is 0 Å². The van der Waals surface area contributed by atoms with Gasteiger partial charge < -0.3 is 20.1 Å². The highest BCUT2D eigenvalue weighted by atomic mass is 16.5. The van der Waals surface area contributed by atoms with E-state index in [0.717, 1.165) is 70.6 Å². The lowest BCUT2D eigenvalue weighted by molar-refractivity contribution is -0.140. The summed E-state index contributed by atoms with van der Waals surface area (Å²) < 4.78 is 4.59. The van der Waals surface area contributed by atoms with E-state index < -0.39 is 12.2 Å². The van der Waals surface area contributed by atoms with Crippen molar-refractivity contribution in [2.45, 2.75) is 102 Å². The largest absolute Gasteiger partial charge is 0.469 e. The second kappa shape index (κ2) is 17.2. The van der Waals surface area contributed by atoms with E-state index in [0.29, 0.717) is 19.3 Å². The minimum absolute atomic E-state index is 0.151. The summed E-state index contributed by atoms with van der Waals surface area (Å²) in [7, 11) is 1.41. The van der Waals surface area contributed by atoms with Gasteiger partial charge in [0.15, 0.2) is 0 Å². The first-order chi connectivity index (χ1) is 11.6. The lowest BCUT2D eigenvalue weighted by Gasteiger charge is -2.17. The Morgan fingerprint density at radius 1 is 0.750 bits per heavy atom. The summed E-state index contributed by atoms with van der Waals surface area (Å²) in [4.78, 5) is 10.9. The van der Waals surface area contributed by atoms with Crippen LogP contribution in [0.2, 0.25) is 0 Å². The van der Waals surface area contributed by atoms with Crippen LogP contribution in [-0.2, 0) is 9.53 Å². The van der Waals surface area contributed by atoms with Crippen LogP contribution in [0.1, 0.15) is 89.9 Å². The van der Waals surface area contributed by atoms with Gasteiger partial charge in [0.05, 0.1) is 19.3 Å². The number of rotatable bonds is 17. The number of carbonyl (C=O) groups is 1. The number of unbranched alkanes of at least 4 members (excludes halogenated alkanes) is 9. The Balaban J connectivity index is 3.39. The number of hydrogen-bond acceptors (Lipinski definition) is 5. The first kappa shape index (κ1) is 23.4. The van der Waals surface area contributed by atoms with Gasteiger partial charge in [-0.25, -0.2) is 0 Å². The third-order valence-electron chi connectivity index (χ3n) is 4.46. The quantitative estimate of drug-likeness (QED) is 0.278. The smallest absolute Gasteiger partial charge is 0.305 e. The standard InChI is InChI=1S/C19H38O5/c1-24-19(23)15-11-7-4-6-10-14-18(22)17(21)13-9-5-2-3-8-12-16-20/h17-18,20-22H,2-16H2,1H3. The second-order valence-corrected chi connectivity index (χ2v) is 6.65. The fourth-order valence-corrected chi connectivity index (χ4v) is 2.81. The molecule has 0 aromatic heterocycles. The SMILES string of the molecule is COC(=O)CCCCCCCC(O)C(O)CCCCCCCCO. The molecule has 24 heavy (non-hydrogen) atoms. The predicted molar refractivity (Wildman–Crippen MR) is 95.8 cm³/mol. The van der Waals surface area contributed by atoms with Gasteiger partial charge in [-0.15, -0.1) is 0 Å². The highest BCUT2D eigenvalue weighted by Gasteiger charge is 2.15. The summed E-state index contributed by atoms with van der Waals surface area (Å²) >= 11 is 0. The average molecular weight is 347 g/mol. The third kappa shape index (κ3) is 14.9. The summed E-state index contributed by atoms with van der Waals surface area (Å²) in [6, 6.07) is 0. The van der Waals surface area contributed by atoms with Gasteiger partial charge in [0.1, 0.15) is 0 Å². The van der Waals surface area contributed by atoms with E-state index in [1.54, 1.807) is 0 Å². The molecule has 144 valence electrons. The maximum Gasteiger partial charge on any atom is 0.305 e. The molecule has 0 aliphatic rings. The summed E-state index contributed by atoms with van der Waals surface area (Å²) in [6.45, 7) is 0.274. The van der Waals surface area contributed by atoms with Crippen molar-refractivity contribution in [2.75, 3.05) is 13.7 Å². The minimum atomic E-state index is -0.616. The first-order valence-corrected chi connectivity index (χ1v) is 9.65. The van der Waals surface area contributed by atoms with E-state index >= 15 is 0 Å². The van der Waals surface area contributed by atoms with Crippen LogP contribution in [0.25, 0.3) is 0 Å². The van der Waals surface area contributed by atoms with E-state index in [2.05, 4.69) is 4.74 Å². The fourth-order valence-electron chi connectivity index (χ4n) is 2.81. The van der Waals surface area contributed by atoms with Crippen molar-refractivity contribution in [3.8, 4) is 0 Å². The zero-order valence-electron chi connectivity index (χ0n) is 15.4. The van der Waals surface area contributed by atoms with Crippen LogP contribution >= 0.6 is 0 Å². The monoisotopic (exact) mass is 346 g/mol. The molecular weight excluding hydrogens is 308 g/mol. The van der Waals surface area contributed by atoms with Gasteiger partial charge in [0.25, 0.3) is 0 Å². The van der Waals surface area contributed by atoms with E-state index in [4.69, 9.17) is 5.11 Å². The highest BCUT2D eigenvalue weighted by Crippen LogP contribution is 2.15. The summed E-state index contributed by atoms with van der Waals surface area (Å²) in [5.41, 5.74) is 0. The Labute approximate surface area is 147 Å². The van der Waals surface area contributed by atoms with Gasteiger partial charge in [-0.05, 0) is 25.7 Å². The Morgan fingerprint density at radius 3 is 1.62 bits per heavy atom. The molecule has 3 N–H and O–H groups in total. The Bertz CT molecular complexity index is 283. The number of ether oxygens (including phenoxy) is 1. The van der Waals surface area contributed by atoms with Gasteiger partial charge in [-0.3, -0.25) is 4.79 Å². The Hall–Kier alpha value is -0.650. The Morgan fingerprint density at radius 2 is 1.17 bits per heavy atom. The van der Waals surface area contributed by atoms with Gasteiger partial charge >= 0.3 is 5.97 Å². The van der Waals surface area contributed by atoms with Crippen molar-refractivity contribution in [2.24, 2.45) is 0 Å². The zero-order valence-corrected chi connectivity index (χ0v) is 15.4. The van der Waals surface area contributed by atoms with Gasteiger partial charge in [0.2, 0.25) is 0 Å². The molecule has 5 heteroatoms. The second-order valence-electron chi connectivity index (χ2n) is 6.65. The fraction of sp³-hybridized carbons (Fsp3) is 0.947. The van der Waals surface area contributed by atoms with Crippen molar-refractivity contribution in [1.29, 1.82) is 0 Å². The van der Waals surface area contributed by atoms with E-state index in [-0.39, 0.29) is 12.6 Å². The molecule has 0 aromatic rings. The first-order valence-electron chi connectivity index (χ1n) is 9.65. The number of aliphatic hydroxyl groups is 3. The van der Waals surface area contributed by atoms with Crippen molar-refractivity contribution < 1.29 is 24.9 Å². The molecule has 0 heterocycles. The summed E-state index contributed by atoms with van der Waals surface area (Å²) in [6.07, 6.45) is 11.7. The molecular formula is C19H38O5. The summed E-state index contributed by atoms with van der Waals surface area (Å²) in [5, 5.41) is 28.6. The van der Waals surface area contributed by atoms with Crippen LogP contribution in [0, 0.1) is 0 Å². The summed E-state index contributed by atoms with van der Waals surface area (Å²) in [5.74, 6) is -0.151. The number of hydrogen-bond donors (Lipinski definition) is 3. The molecule has 0 spiro atoms. The maximum atomic E-state index is 10.9. The zero-order chi connectivity index (χ0) is 18.0. The molecule has 0 saturated carbocycles.